The van der Waals surface area contributed by atoms with Crippen LogP contribution in [0.15, 0.2) is 29.4 Å². The van der Waals surface area contributed by atoms with Gasteiger partial charge in [0.25, 0.3) is 0 Å². The van der Waals surface area contributed by atoms with Crippen LogP contribution in [0, 0.1) is 5.41 Å². The van der Waals surface area contributed by atoms with Gasteiger partial charge in [0.05, 0.1) is 5.41 Å². The van der Waals surface area contributed by atoms with E-state index < -0.39 is 5.41 Å². The second-order valence-corrected chi connectivity index (χ2v) is 4.99. The molecule has 0 atom stereocenters. The van der Waals surface area contributed by atoms with Gasteiger partial charge in [-0.15, -0.1) is 0 Å². The number of hydrogen-bond acceptors (Lipinski definition) is 4. The zero-order valence-corrected chi connectivity index (χ0v) is 11.2. The van der Waals surface area contributed by atoms with Gasteiger partial charge < -0.3 is 22.0 Å². The van der Waals surface area contributed by atoms with Crippen molar-refractivity contribution in [3.05, 3.63) is 35.4 Å². The van der Waals surface area contributed by atoms with E-state index in [2.05, 4.69) is 10.5 Å². The number of amidine groups is 1. The molecule has 1 aromatic carbocycles. The maximum Gasteiger partial charge on any atom is 0.224 e. The molecule has 0 radical (unpaired) electrons. The number of nitrogens with zero attached hydrogens (tertiary/aromatic N) is 1. The van der Waals surface area contributed by atoms with Gasteiger partial charge in [-0.2, -0.15) is 0 Å². The fraction of sp³-hybridized carbons (Fsp3) is 0.385. The average molecular weight is 264 g/mol. The molecule has 0 saturated heterocycles. The smallest absolute Gasteiger partial charge is 0.224 e. The first-order chi connectivity index (χ1) is 8.88. The Morgan fingerprint density at radius 3 is 2.58 bits per heavy atom. The lowest BCUT2D eigenvalue weighted by atomic mass is 9.92. The molecule has 1 amide bonds. The molecular weight excluding hydrogens is 244 g/mol. The van der Waals surface area contributed by atoms with Crippen LogP contribution in [0.4, 0.5) is 0 Å². The van der Waals surface area contributed by atoms with E-state index in [4.69, 9.17) is 16.7 Å². The van der Waals surface area contributed by atoms with Gasteiger partial charge in [0, 0.05) is 18.7 Å². The maximum atomic E-state index is 11.2. The fourth-order valence-corrected chi connectivity index (χ4v) is 1.57. The Hall–Kier alpha value is -2.08. The summed E-state index contributed by atoms with van der Waals surface area (Å²) in [6.07, 6.45) is 0. The summed E-state index contributed by atoms with van der Waals surface area (Å²) in [5.74, 6) is -0.295. The highest BCUT2D eigenvalue weighted by Gasteiger charge is 2.24. The number of benzene rings is 1. The van der Waals surface area contributed by atoms with Gasteiger partial charge in [-0.05, 0) is 19.4 Å². The lowest BCUT2D eigenvalue weighted by molar-refractivity contribution is -0.125. The van der Waals surface area contributed by atoms with Gasteiger partial charge >= 0.3 is 0 Å². The molecule has 0 fully saturated rings. The molecule has 0 aliphatic heterocycles. The lowest BCUT2D eigenvalue weighted by Crippen LogP contribution is -2.40. The van der Waals surface area contributed by atoms with Crippen molar-refractivity contribution >= 4 is 11.7 Å². The molecule has 0 bridgehead atoms. The Morgan fingerprint density at radius 2 is 2.00 bits per heavy atom. The molecule has 0 aromatic heterocycles. The number of amides is 1. The van der Waals surface area contributed by atoms with Crippen LogP contribution in [-0.4, -0.2) is 23.5 Å². The van der Waals surface area contributed by atoms with E-state index in [1.165, 1.54) is 0 Å². The van der Waals surface area contributed by atoms with E-state index in [1.54, 1.807) is 19.9 Å². The Labute approximate surface area is 112 Å². The number of nitrogens with one attached hydrogen (secondary N) is 1. The number of nitrogens with two attached hydrogens (primary N) is 2. The SMILES string of the molecule is CC(C)(CNCc1ccccc1/C(N)=N/O)C(N)=O. The third-order valence-electron chi connectivity index (χ3n) is 2.95. The maximum absolute atomic E-state index is 11.2. The van der Waals surface area contributed by atoms with Crippen molar-refractivity contribution in [2.45, 2.75) is 20.4 Å². The highest BCUT2D eigenvalue weighted by Crippen LogP contribution is 2.13. The number of hydrogen-bond donors (Lipinski definition) is 4. The van der Waals surface area contributed by atoms with Crippen LogP contribution in [0.3, 0.4) is 0 Å². The van der Waals surface area contributed by atoms with E-state index in [0.717, 1.165) is 5.56 Å². The molecule has 104 valence electrons. The fourth-order valence-electron chi connectivity index (χ4n) is 1.57. The van der Waals surface area contributed by atoms with E-state index in [0.29, 0.717) is 18.7 Å². The van der Waals surface area contributed by atoms with Gasteiger partial charge in [-0.25, -0.2) is 0 Å². The molecular formula is C13H20N4O2. The molecule has 0 saturated carbocycles. The summed E-state index contributed by atoms with van der Waals surface area (Å²) in [7, 11) is 0. The van der Waals surface area contributed by atoms with Gasteiger partial charge in [0.15, 0.2) is 5.84 Å². The van der Waals surface area contributed by atoms with Crippen LogP contribution in [0.1, 0.15) is 25.0 Å². The summed E-state index contributed by atoms with van der Waals surface area (Å²) >= 11 is 0. The quantitative estimate of drug-likeness (QED) is 0.257. The molecule has 1 aromatic rings. The van der Waals surface area contributed by atoms with Crippen LogP contribution in [0.5, 0.6) is 0 Å². The summed E-state index contributed by atoms with van der Waals surface area (Å²) < 4.78 is 0. The molecule has 0 unspecified atom stereocenters. The summed E-state index contributed by atoms with van der Waals surface area (Å²) in [6, 6.07) is 7.32. The van der Waals surface area contributed by atoms with Crippen LogP contribution in [0.2, 0.25) is 0 Å². The highest BCUT2D eigenvalue weighted by molar-refractivity contribution is 5.98. The van der Waals surface area contributed by atoms with E-state index in [1.807, 2.05) is 18.2 Å². The van der Waals surface area contributed by atoms with Crippen LogP contribution in [-0.2, 0) is 11.3 Å². The molecule has 0 aliphatic carbocycles. The normalized spacial score (nSPS) is 12.4. The monoisotopic (exact) mass is 264 g/mol. The van der Waals surface area contributed by atoms with Gasteiger partial charge in [0.2, 0.25) is 5.91 Å². The van der Waals surface area contributed by atoms with Gasteiger partial charge in [-0.3, -0.25) is 4.79 Å². The first-order valence-electron chi connectivity index (χ1n) is 5.95. The van der Waals surface area contributed by atoms with Gasteiger partial charge in [0.1, 0.15) is 0 Å². The number of primary amides is 1. The van der Waals surface area contributed by atoms with Crippen molar-refractivity contribution in [3.63, 3.8) is 0 Å². The lowest BCUT2D eigenvalue weighted by Gasteiger charge is -2.21. The minimum Gasteiger partial charge on any atom is -0.409 e. The molecule has 6 heteroatoms. The van der Waals surface area contributed by atoms with E-state index in [9.17, 15) is 4.79 Å². The van der Waals surface area contributed by atoms with E-state index in [-0.39, 0.29) is 11.7 Å². The minimum absolute atomic E-state index is 0.0616. The number of oxime groups is 1. The molecule has 0 heterocycles. The second kappa shape index (κ2) is 6.19. The number of rotatable bonds is 6. The molecule has 1 rings (SSSR count). The minimum atomic E-state index is -0.619. The van der Waals surface area contributed by atoms with Crippen molar-refractivity contribution in [2.75, 3.05) is 6.54 Å². The van der Waals surface area contributed by atoms with Crippen LogP contribution < -0.4 is 16.8 Å². The Morgan fingerprint density at radius 1 is 1.37 bits per heavy atom. The third kappa shape index (κ3) is 3.96. The zero-order valence-electron chi connectivity index (χ0n) is 11.2. The largest absolute Gasteiger partial charge is 0.409 e. The predicted octanol–water partition coefficient (Wildman–Crippen LogP) is 0.382. The zero-order chi connectivity index (χ0) is 14.5. The molecule has 6 nitrogen and oxygen atoms in total. The number of carbonyl (C=O) groups is 1. The van der Waals surface area contributed by atoms with Crippen molar-refractivity contribution in [1.82, 2.24) is 5.32 Å². The summed E-state index contributed by atoms with van der Waals surface area (Å²) in [4.78, 5) is 11.2. The van der Waals surface area contributed by atoms with Crippen molar-refractivity contribution in [1.29, 1.82) is 0 Å². The standard InChI is InChI=1S/C13H20N4O2/c1-13(2,12(15)18)8-16-7-9-5-3-4-6-10(9)11(14)17-19/h3-6,16,19H,7-8H2,1-2H3,(H2,14,17)(H2,15,18). The van der Waals surface area contributed by atoms with Gasteiger partial charge in [-0.1, -0.05) is 29.4 Å². The van der Waals surface area contributed by atoms with Crippen molar-refractivity contribution < 1.29 is 10.0 Å². The molecule has 0 aliphatic rings. The molecule has 19 heavy (non-hydrogen) atoms. The highest BCUT2D eigenvalue weighted by atomic mass is 16.4. The molecule has 0 spiro atoms. The summed E-state index contributed by atoms with van der Waals surface area (Å²) in [6.45, 7) is 4.51. The first kappa shape index (κ1) is 15.0. The Balaban J connectivity index is 2.72. The van der Waals surface area contributed by atoms with Crippen LogP contribution >= 0.6 is 0 Å². The van der Waals surface area contributed by atoms with Crippen molar-refractivity contribution in [2.24, 2.45) is 22.0 Å². The van der Waals surface area contributed by atoms with Crippen molar-refractivity contribution in [3.8, 4) is 0 Å². The Bertz CT molecular complexity index is 483. The topological polar surface area (TPSA) is 114 Å². The second-order valence-electron chi connectivity index (χ2n) is 4.99. The van der Waals surface area contributed by atoms with E-state index >= 15 is 0 Å². The first-order valence-corrected chi connectivity index (χ1v) is 5.95. The molecule has 6 N–H and O–H groups in total. The number of carbonyl (C=O) groups excluding carboxylic acids is 1. The summed E-state index contributed by atoms with van der Waals surface area (Å²) in [5, 5.41) is 14.9. The van der Waals surface area contributed by atoms with Crippen LogP contribution in [0.25, 0.3) is 0 Å². The third-order valence-corrected chi connectivity index (χ3v) is 2.95. The summed E-state index contributed by atoms with van der Waals surface area (Å²) in [5.41, 5.74) is 11.8. The average Bonchev–Trinajstić information content (AvgIpc) is 2.38. The predicted molar refractivity (Wildman–Crippen MR) is 73.6 cm³/mol. The Kier molecular flexibility index (Phi) is 4.88.